The van der Waals surface area contributed by atoms with Crippen LogP contribution in [-0.4, -0.2) is 11.8 Å². The fourth-order valence-electron chi connectivity index (χ4n) is 1.40. The van der Waals surface area contributed by atoms with E-state index < -0.39 is 0 Å². The zero-order valence-electron chi connectivity index (χ0n) is 9.74. The smallest absolute Gasteiger partial charge is 0.136 e. The molecular formula is C12H19FN2S. The Balaban J connectivity index is 2.53. The largest absolute Gasteiger partial charge is 0.271 e. The van der Waals surface area contributed by atoms with Crippen LogP contribution in [0.1, 0.15) is 20.3 Å². The standard InChI is InChI=1S/C12H19FN2S/c1-3-9(2)11(15-14)8-16-12-7-5-4-6-10(12)13/h4-7,9,11,15H,3,8,14H2,1-2H3. The topological polar surface area (TPSA) is 38.0 Å². The highest BCUT2D eigenvalue weighted by Gasteiger charge is 2.15. The average molecular weight is 242 g/mol. The Kier molecular flexibility index (Phi) is 5.80. The molecular weight excluding hydrogens is 223 g/mol. The molecule has 0 fully saturated rings. The molecule has 2 atom stereocenters. The Morgan fingerprint density at radius 3 is 2.69 bits per heavy atom. The summed E-state index contributed by atoms with van der Waals surface area (Å²) in [6.07, 6.45) is 1.06. The molecule has 0 aliphatic heterocycles. The van der Waals surface area contributed by atoms with Gasteiger partial charge in [-0.2, -0.15) is 0 Å². The minimum absolute atomic E-state index is 0.160. The third kappa shape index (κ3) is 3.77. The Bertz CT molecular complexity index is 320. The molecule has 2 unspecified atom stereocenters. The third-order valence-electron chi connectivity index (χ3n) is 2.80. The summed E-state index contributed by atoms with van der Waals surface area (Å²) in [4.78, 5) is 0.686. The van der Waals surface area contributed by atoms with Crippen molar-refractivity contribution >= 4 is 11.8 Å². The fraction of sp³-hybridized carbons (Fsp3) is 0.500. The summed E-state index contributed by atoms with van der Waals surface area (Å²) in [5, 5.41) is 0. The number of halogens is 1. The van der Waals surface area contributed by atoms with Crippen LogP contribution in [0.3, 0.4) is 0 Å². The van der Waals surface area contributed by atoms with Gasteiger partial charge in [0.15, 0.2) is 0 Å². The normalized spacial score (nSPS) is 14.8. The predicted octanol–water partition coefficient (Wildman–Crippen LogP) is 2.80. The van der Waals surface area contributed by atoms with Gasteiger partial charge < -0.3 is 0 Å². The molecule has 0 bridgehead atoms. The molecule has 1 aromatic carbocycles. The van der Waals surface area contributed by atoms with Crippen LogP contribution in [-0.2, 0) is 0 Å². The van der Waals surface area contributed by atoms with Crippen LogP contribution in [0.25, 0.3) is 0 Å². The van der Waals surface area contributed by atoms with E-state index in [0.717, 1.165) is 12.2 Å². The molecule has 0 aliphatic carbocycles. The molecule has 3 N–H and O–H groups in total. The lowest BCUT2D eigenvalue weighted by atomic mass is 10.0. The van der Waals surface area contributed by atoms with Crippen molar-refractivity contribution in [3.8, 4) is 0 Å². The highest BCUT2D eigenvalue weighted by Crippen LogP contribution is 2.23. The maximum Gasteiger partial charge on any atom is 0.136 e. The number of nitrogens with two attached hydrogens (primary N) is 1. The Hall–Kier alpha value is -0.580. The molecule has 1 rings (SSSR count). The first-order valence-corrected chi connectivity index (χ1v) is 6.51. The summed E-state index contributed by atoms with van der Waals surface area (Å²) in [7, 11) is 0. The minimum atomic E-state index is -0.160. The molecule has 90 valence electrons. The number of hydrogen-bond acceptors (Lipinski definition) is 3. The molecule has 0 radical (unpaired) electrons. The van der Waals surface area contributed by atoms with Gasteiger partial charge in [-0.25, -0.2) is 4.39 Å². The number of rotatable bonds is 6. The number of thioether (sulfide) groups is 1. The fourth-order valence-corrected chi connectivity index (χ4v) is 2.57. The van der Waals surface area contributed by atoms with Crippen LogP contribution >= 0.6 is 11.8 Å². The van der Waals surface area contributed by atoms with Crippen LogP contribution in [0.2, 0.25) is 0 Å². The van der Waals surface area contributed by atoms with E-state index >= 15 is 0 Å². The highest BCUT2D eigenvalue weighted by molar-refractivity contribution is 7.99. The van der Waals surface area contributed by atoms with E-state index in [1.54, 1.807) is 12.1 Å². The molecule has 0 saturated heterocycles. The molecule has 0 aromatic heterocycles. The van der Waals surface area contributed by atoms with Crippen molar-refractivity contribution in [2.45, 2.75) is 31.2 Å². The second kappa shape index (κ2) is 6.89. The van der Waals surface area contributed by atoms with Gasteiger partial charge in [0.1, 0.15) is 5.82 Å². The number of hydrazine groups is 1. The average Bonchev–Trinajstić information content (AvgIpc) is 2.31. The first-order chi connectivity index (χ1) is 7.69. The van der Waals surface area contributed by atoms with E-state index in [4.69, 9.17) is 5.84 Å². The van der Waals surface area contributed by atoms with E-state index in [1.807, 2.05) is 6.07 Å². The van der Waals surface area contributed by atoms with Crippen molar-refractivity contribution in [1.29, 1.82) is 0 Å². The molecule has 1 aromatic rings. The van der Waals surface area contributed by atoms with Gasteiger partial charge in [-0.15, -0.1) is 11.8 Å². The van der Waals surface area contributed by atoms with Gasteiger partial charge in [-0.1, -0.05) is 32.4 Å². The zero-order valence-corrected chi connectivity index (χ0v) is 10.6. The van der Waals surface area contributed by atoms with Gasteiger partial charge in [0.2, 0.25) is 0 Å². The molecule has 0 spiro atoms. The van der Waals surface area contributed by atoms with Gasteiger partial charge in [-0.3, -0.25) is 11.3 Å². The van der Waals surface area contributed by atoms with E-state index in [-0.39, 0.29) is 11.9 Å². The summed E-state index contributed by atoms with van der Waals surface area (Å²) in [5.74, 6) is 6.61. The van der Waals surface area contributed by atoms with Gasteiger partial charge in [0, 0.05) is 16.7 Å². The van der Waals surface area contributed by atoms with Crippen molar-refractivity contribution in [2.75, 3.05) is 5.75 Å². The lowest BCUT2D eigenvalue weighted by Gasteiger charge is -2.21. The van der Waals surface area contributed by atoms with Crippen LogP contribution in [0.15, 0.2) is 29.2 Å². The predicted molar refractivity (Wildman–Crippen MR) is 67.7 cm³/mol. The molecule has 2 nitrogen and oxygen atoms in total. The summed E-state index contributed by atoms with van der Waals surface area (Å²) in [5.41, 5.74) is 2.80. The zero-order chi connectivity index (χ0) is 12.0. The van der Waals surface area contributed by atoms with Gasteiger partial charge in [0.25, 0.3) is 0 Å². The Morgan fingerprint density at radius 2 is 2.12 bits per heavy atom. The second-order valence-corrected chi connectivity index (χ2v) is 4.96. The molecule has 4 heteroatoms. The quantitative estimate of drug-likeness (QED) is 0.457. The SMILES string of the molecule is CCC(C)C(CSc1ccccc1F)NN. The monoisotopic (exact) mass is 242 g/mol. The van der Waals surface area contributed by atoms with Crippen molar-refractivity contribution in [3.63, 3.8) is 0 Å². The Labute approximate surface area is 101 Å². The van der Waals surface area contributed by atoms with Gasteiger partial charge in [-0.05, 0) is 18.1 Å². The Morgan fingerprint density at radius 1 is 1.44 bits per heavy atom. The highest BCUT2D eigenvalue weighted by atomic mass is 32.2. The van der Waals surface area contributed by atoms with Crippen LogP contribution in [0, 0.1) is 11.7 Å². The van der Waals surface area contributed by atoms with E-state index in [2.05, 4.69) is 19.3 Å². The van der Waals surface area contributed by atoms with Gasteiger partial charge >= 0.3 is 0 Å². The van der Waals surface area contributed by atoms with Gasteiger partial charge in [0.05, 0.1) is 0 Å². The molecule has 0 heterocycles. The lowest BCUT2D eigenvalue weighted by molar-refractivity contribution is 0.403. The molecule has 0 saturated carbocycles. The number of nitrogens with one attached hydrogen (secondary N) is 1. The third-order valence-corrected chi connectivity index (χ3v) is 3.97. The van der Waals surface area contributed by atoms with E-state index in [9.17, 15) is 4.39 Å². The van der Waals surface area contributed by atoms with Crippen molar-refractivity contribution in [1.82, 2.24) is 5.43 Å². The molecule has 16 heavy (non-hydrogen) atoms. The first kappa shape index (κ1) is 13.5. The van der Waals surface area contributed by atoms with Crippen molar-refractivity contribution < 1.29 is 4.39 Å². The lowest BCUT2D eigenvalue weighted by Crippen LogP contribution is -2.41. The minimum Gasteiger partial charge on any atom is -0.271 e. The molecule has 0 amide bonds. The van der Waals surface area contributed by atoms with Crippen LogP contribution in [0.4, 0.5) is 4.39 Å². The molecule has 0 aliphatic rings. The second-order valence-electron chi connectivity index (χ2n) is 3.90. The first-order valence-electron chi connectivity index (χ1n) is 5.52. The summed E-state index contributed by atoms with van der Waals surface area (Å²) < 4.78 is 13.4. The van der Waals surface area contributed by atoms with E-state index in [0.29, 0.717) is 10.8 Å². The maximum atomic E-state index is 13.4. The van der Waals surface area contributed by atoms with E-state index in [1.165, 1.54) is 17.8 Å². The number of hydrogen-bond donors (Lipinski definition) is 2. The summed E-state index contributed by atoms with van der Waals surface area (Å²) in [6, 6.07) is 7.04. The van der Waals surface area contributed by atoms with Crippen molar-refractivity contribution in [2.24, 2.45) is 11.8 Å². The van der Waals surface area contributed by atoms with Crippen LogP contribution in [0.5, 0.6) is 0 Å². The maximum absolute atomic E-state index is 13.4. The summed E-state index contributed by atoms with van der Waals surface area (Å²) >= 11 is 1.51. The van der Waals surface area contributed by atoms with Crippen LogP contribution < -0.4 is 11.3 Å². The van der Waals surface area contributed by atoms with Crippen molar-refractivity contribution in [3.05, 3.63) is 30.1 Å². The number of benzene rings is 1. The summed E-state index contributed by atoms with van der Waals surface area (Å²) in [6.45, 7) is 4.27.